The molecule has 0 unspecified atom stereocenters. The summed E-state index contributed by atoms with van der Waals surface area (Å²) in [6.07, 6.45) is 4.68. The number of amides is 1. The molecular formula is C12H21N3OS. The van der Waals surface area contributed by atoms with Crippen LogP contribution in [0, 0.1) is 5.92 Å². The summed E-state index contributed by atoms with van der Waals surface area (Å²) in [5.41, 5.74) is 5.40. The van der Waals surface area contributed by atoms with Crippen molar-refractivity contribution in [2.75, 3.05) is 20.1 Å². The minimum Gasteiger partial charge on any atom is -0.391 e. The average Bonchev–Trinajstić information content (AvgIpc) is 3.05. The van der Waals surface area contributed by atoms with E-state index in [0.29, 0.717) is 17.3 Å². The lowest BCUT2D eigenvalue weighted by molar-refractivity contribution is -0.123. The summed E-state index contributed by atoms with van der Waals surface area (Å²) in [6, 6.07) is 0. The van der Waals surface area contributed by atoms with Gasteiger partial charge in [0.1, 0.15) is 0 Å². The van der Waals surface area contributed by atoms with Gasteiger partial charge in [0.25, 0.3) is 0 Å². The lowest BCUT2D eigenvalue weighted by Crippen LogP contribution is -2.61. The fourth-order valence-corrected chi connectivity index (χ4v) is 2.59. The zero-order valence-electron chi connectivity index (χ0n) is 10.4. The fraction of sp³-hybridized carbons (Fsp3) is 0.833. The maximum absolute atomic E-state index is 11.9. The van der Waals surface area contributed by atoms with Crippen LogP contribution >= 0.6 is 12.2 Å². The Morgan fingerprint density at radius 1 is 1.47 bits per heavy atom. The number of rotatable bonds is 4. The van der Waals surface area contributed by atoms with Crippen LogP contribution in [0.5, 0.6) is 0 Å². The lowest BCUT2D eigenvalue weighted by atomic mass is 9.87. The standard InChI is InChI=1S/C12H21N3OS/c1-15-6-4-12(5-7-15,11(13)17)14-10(16)8-9-2-3-9/h9H,2-8H2,1H3,(H2,13,17)(H,14,16). The maximum Gasteiger partial charge on any atom is 0.221 e. The Morgan fingerprint density at radius 3 is 2.53 bits per heavy atom. The summed E-state index contributed by atoms with van der Waals surface area (Å²) < 4.78 is 0. The predicted octanol–water partition coefficient (Wildman–Crippen LogP) is 0.653. The van der Waals surface area contributed by atoms with E-state index >= 15 is 0 Å². The van der Waals surface area contributed by atoms with Gasteiger partial charge in [0.15, 0.2) is 0 Å². The van der Waals surface area contributed by atoms with E-state index in [4.69, 9.17) is 18.0 Å². The Kier molecular flexibility index (Phi) is 3.68. The molecule has 2 fully saturated rings. The molecule has 0 spiro atoms. The first kappa shape index (κ1) is 12.8. The van der Waals surface area contributed by atoms with E-state index in [1.165, 1.54) is 12.8 Å². The highest BCUT2D eigenvalue weighted by molar-refractivity contribution is 7.80. The average molecular weight is 255 g/mol. The molecule has 2 aliphatic rings. The molecule has 2 rings (SSSR count). The Bertz CT molecular complexity index is 320. The molecule has 96 valence electrons. The summed E-state index contributed by atoms with van der Waals surface area (Å²) in [4.78, 5) is 14.6. The zero-order chi connectivity index (χ0) is 12.5. The summed E-state index contributed by atoms with van der Waals surface area (Å²) in [7, 11) is 2.08. The largest absolute Gasteiger partial charge is 0.391 e. The minimum atomic E-state index is -0.437. The highest BCUT2D eigenvalue weighted by Gasteiger charge is 2.38. The van der Waals surface area contributed by atoms with Gasteiger partial charge in [-0.05, 0) is 38.6 Å². The first-order valence-corrected chi connectivity index (χ1v) is 6.72. The molecule has 3 N–H and O–H groups in total. The molecule has 1 aliphatic heterocycles. The number of piperidine rings is 1. The van der Waals surface area contributed by atoms with Crippen LogP contribution in [0.25, 0.3) is 0 Å². The van der Waals surface area contributed by atoms with Gasteiger partial charge in [0.05, 0.1) is 10.5 Å². The number of nitrogens with two attached hydrogens (primary N) is 1. The van der Waals surface area contributed by atoms with Gasteiger partial charge in [-0.25, -0.2) is 0 Å². The fourth-order valence-electron chi connectivity index (χ4n) is 2.34. The molecule has 1 saturated heterocycles. The van der Waals surface area contributed by atoms with E-state index in [1.54, 1.807) is 0 Å². The van der Waals surface area contributed by atoms with Gasteiger partial charge in [-0.15, -0.1) is 0 Å². The van der Waals surface area contributed by atoms with Crippen molar-refractivity contribution in [3.63, 3.8) is 0 Å². The Morgan fingerprint density at radius 2 is 2.06 bits per heavy atom. The minimum absolute atomic E-state index is 0.116. The van der Waals surface area contributed by atoms with Crippen molar-refractivity contribution >= 4 is 23.1 Å². The van der Waals surface area contributed by atoms with Gasteiger partial charge in [-0.1, -0.05) is 12.2 Å². The Hall–Kier alpha value is -0.680. The topological polar surface area (TPSA) is 58.4 Å². The molecular weight excluding hydrogens is 234 g/mol. The zero-order valence-corrected chi connectivity index (χ0v) is 11.2. The molecule has 0 aromatic heterocycles. The molecule has 17 heavy (non-hydrogen) atoms. The van der Waals surface area contributed by atoms with Crippen LogP contribution < -0.4 is 11.1 Å². The summed E-state index contributed by atoms with van der Waals surface area (Å²) in [5.74, 6) is 0.717. The number of carbonyl (C=O) groups is 1. The SMILES string of the molecule is CN1CCC(NC(=O)CC2CC2)(C(N)=S)CC1. The molecule has 1 aliphatic carbocycles. The number of nitrogens with one attached hydrogen (secondary N) is 1. The Balaban J connectivity index is 1.95. The normalized spacial score (nSPS) is 24.3. The molecule has 1 saturated carbocycles. The number of thiocarbonyl (C=S) groups is 1. The number of nitrogens with zero attached hydrogens (tertiary/aromatic N) is 1. The van der Waals surface area contributed by atoms with Crippen molar-refractivity contribution in [3.8, 4) is 0 Å². The first-order chi connectivity index (χ1) is 8.02. The summed E-state index contributed by atoms with van der Waals surface area (Å²) in [6.45, 7) is 1.86. The molecule has 0 bridgehead atoms. The number of hydrogen-bond donors (Lipinski definition) is 2. The number of hydrogen-bond acceptors (Lipinski definition) is 3. The van der Waals surface area contributed by atoms with Gasteiger partial charge in [-0.3, -0.25) is 4.79 Å². The third-order valence-electron chi connectivity index (χ3n) is 3.86. The second-order valence-corrected chi connectivity index (χ2v) is 5.89. The van der Waals surface area contributed by atoms with Crippen LogP contribution in [0.4, 0.5) is 0 Å². The molecule has 0 aromatic rings. The summed E-state index contributed by atoms with van der Waals surface area (Å²) >= 11 is 5.16. The second kappa shape index (κ2) is 4.90. The first-order valence-electron chi connectivity index (χ1n) is 6.31. The molecule has 0 radical (unpaired) electrons. The molecule has 0 aromatic carbocycles. The van der Waals surface area contributed by atoms with Gasteiger partial charge in [-0.2, -0.15) is 0 Å². The lowest BCUT2D eigenvalue weighted by Gasteiger charge is -2.40. The Labute approximate surface area is 108 Å². The van der Waals surface area contributed by atoms with Crippen LogP contribution in [0.1, 0.15) is 32.1 Å². The van der Waals surface area contributed by atoms with Crippen molar-refractivity contribution in [2.24, 2.45) is 11.7 Å². The van der Waals surface area contributed by atoms with Crippen LogP contribution in [-0.4, -0.2) is 41.5 Å². The monoisotopic (exact) mass is 255 g/mol. The molecule has 4 nitrogen and oxygen atoms in total. The molecule has 5 heteroatoms. The van der Waals surface area contributed by atoms with Crippen molar-refractivity contribution in [1.82, 2.24) is 10.2 Å². The quantitative estimate of drug-likeness (QED) is 0.724. The van der Waals surface area contributed by atoms with Crippen molar-refractivity contribution in [1.29, 1.82) is 0 Å². The molecule has 0 atom stereocenters. The van der Waals surface area contributed by atoms with E-state index in [1.807, 2.05) is 0 Å². The van der Waals surface area contributed by atoms with Gasteiger partial charge in [0.2, 0.25) is 5.91 Å². The van der Waals surface area contributed by atoms with Gasteiger partial charge in [0, 0.05) is 19.5 Å². The van der Waals surface area contributed by atoms with E-state index in [0.717, 1.165) is 25.9 Å². The van der Waals surface area contributed by atoms with Gasteiger partial charge < -0.3 is 16.0 Å². The third kappa shape index (κ3) is 3.16. The van der Waals surface area contributed by atoms with Crippen LogP contribution in [0.3, 0.4) is 0 Å². The highest BCUT2D eigenvalue weighted by atomic mass is 32.1. The number of carbonyl (C=O) groups excluding carboxylic acids is 1. The molecule has 1 amide bonds. The van der Waals surface area contributed by atoms with Crippen molar-refractivity contribution < 1.29 is 4.79 Å². The predicted molar refractivity (Wildman–Crippen MR) is 71.7 cm³/mol. The smallest absolute Gasteiger partial charge is 0.221 e. The van der Waals surface area contributed by atoms with E-state index in [2.05, 4.69) is 17.3 Å². The third-order valence-corrected chi connectivity index (χ3v) is 4.25. The second-order valence-electron chi connectivity index (χ2n) is 5.45. The van der Waals surface area contributed by atoms with Crippen LogP contribution in [-0.2, 0) is 4.79 Å². The van der Waals surface area contributed by atoms with E-state index < -0.39 is 5.54 Å². The van der Waals surface area contributed by atoms with Crippen molar-refractivity contribution in [3.05, 3.63) is 0 Å². The highest BCUT2D eigenvalue weighted by Crippen LogP contribution is 2.32. The van der Waals surface area contributed by atoms with E-state index in [-0.39, 0.29) is 5.91 Å². The molecule has 1 heterocycles. The van der Waals surface area contributed by atoms with Crippen LogP contribution in [0.2, 0.25) is 0 Å². The van der Waals surface area contributed by atoms with Gasteiger partial charge >= 0.3 is 0 Å². The maximum atomic E-state index is 11.9. The summed E-state index contributed by atoms with van der Waals surface area (Å²) in [5, 5.41) is 3.09. The van der Waals surface area contributed by atoms with E-state index in [9.17, 15) is 4.79 Å². The number of likely N-dealkylation sites (tertiary alicyclic amines) is 1. The van der Waals surface area contributed by atoms with Crippen molar-refractivity contribution in [2.45, 2.75) is 37.6 Å². The van der Waals surface area contributed by atoms with Crippen LogP contribution in [0.15, 0.2) is 0 Å².